The summed E-state index contributed by atoms with van der Waals surface area (Å²) >= 11 is 0. The van der Waals surface area contributed by atoms with Gasteiger partial charge in [0.15, 0.2) is 0 Å². The van der Waals surface area contributed by atoms with Crippen molar-refractivity contribution in [2.75, 3.05) is 28.6 Å². The highest BCUT2D eigenvalue weighted by Crippen LogP contribution is 2.51. The second kappa shape index (κ2) is 9.86. The van der Waals surface area contributed by atoms with E-state index in [4.69, 9.17) is 0 Å². The molecule has 6 nitrogen and oxygen atoms in total. The number of alkyl halides is 6. The van der Waals surface area contributed by atoms with Gasteiger partial charge in [0.05, 0.1) is 5.69 Å². The first-order valence-corrected chi connectivity index (χ1v) is 11.8. The number of nitrogens with one attached hydrogen (secondary N) is 2. The van der Waals surface area contributed by atoms with Gasteiger partial charge >= 0.3 is 18.3 Å². The van der Waals surface area contributed by atoms with Gasteiger partial charge in [0.25, 0.3) is 0 Å². The van der Waals surface area contributed by atoms with Crippen LogP contribution in [-0.4, -0.2) is 42.2 Å². The molecule has 37 heavy (non-hydrogen) atoms. The molecule has 1 aliphatic heterocycles. The Bertz CT molecular complexity index is 1170. The van der Waals surface area contributed by atoms with Gasteiger partial charge in [-0.3, -0.25) is 9.59 Å². The molecule has 1 aliphatic carbocycles. The Morgan fingerprint density at radius 2 is 1.76 bits per heavy atom. The lowest BCUT2D eigenvalue weighted by Crippen LogP contribution is -2.45. The summed E-state index contributed by atoms with van der Waals surface area (Å²) < 4.78 is 77.4. The molecule has 0 unspecified atom stereocenters. The Morgan fingerprint density at radius 3 is 2.41 bits per heavy atom. The molecule has 1 spiro atoms. The zero-order valence-electron chi connectivity index (χ0n) is 20.0. The molecule has 2 aliphatic rings. The Balaban J connectivity index is 1.42. The zero-order valence-corrected chi connectivity index (χ0v) is 20.0. The maximum atomic E-state index is 13.2. The Kier molecular flexibility index (Phi) is 7.13. The second-order valence-corrected chi connectivity index (χ2v) is 9.70. The molecule has 2 amide bonds. The van der Waals surface area contributed by atoms with E-state index in [0.717, 1.165) is 10.5 Å². The molecule has 1 aromatic carbocycles. The molecule has 0 bridgehead atoms. The summed E-state index contributed by atoms with van der Waals surface area (Å²) in [7, 11) is 0. The van der Waals surface area contributed by atoms with E-state index in [1.165, 1.54) is 6.20 Å². The van der Waals surface area contributed by atoms with Gasteiger partial charge in [-0.05, 0) is 61.8 Å². The van der Waals surface area contributed by atoms with Gasteiger partial charge in [-0.2, -0.15) is 26.3 Å². The van der Waals surface area contributed by atoms with Gasteiger partial charge in [0, 0.05) is 30.4 Å². The van der Waals surface area contributed by atoms with E-state index in [9.17, 15) is 35.9 Å². The minimum Gasteiger partial charge on any atom is -0.368 e. The number of para-hydroxylation sites is 1. The number of fused-ring (bicyclic) bond motifs is 2. The number of rotatable bonds is 5. The summed E-state index contributed by atoms with van der Waals surface area (Å²) in [6.45, 7) is 2.03. The van der Waals surface area contributed by atoms with Crippen molar-refractivity contribution in [3.8, 4) is 0 Å². The van der Waals surface area contributed by atoms with Gasteiger partial charge < -0.3 is 15.5 Å². The van der Waals surface area contributed by atoms with E-state index in [1.807, 2.05) is 0 Å². The van der Waals surface area contributed by atoms with Crippen molar-refractivity contribution in [2.24, 2.45) is 5.92 Å². The number of aromatic nitrogens is 1. The number of carbonyl (C=O) groups is 2. The maximum Gasteiger partial charge on any atom is 0.471 e. The summed E-state index contributed by atoms with van der Waals surface area (Å²) in [6.07, 6.45) is -7.25. The summed E-state index contributed by atoms with van der Waals surface area (Å²) in [5.41, 5.74) is 1.20. The summed E-state index contributed by atoms with van der Waals surface area (Å²) in [6, 6.07) is 8.27. The quantitative estimate of drug-likeness (QED) is 0.487. The third-order valence-corrected chi connectivity index (χ3v) is 7.12. The highest BCUT2D eigenvalue weighted by molar-refractivity contribution is 6.00. The third-order valence-electron chi connectivity index (χ3n) is 7.12. The minimum absolute atomic E-state index is 0.0281. The lowest BCUT2D eigenvalue weighted by Gasteiger charge is -2.38. The first-order chi connectivity index (χ1) is 17.3. The van der Waals surface area contributed by atoms with E-state index in [2.05, 4.69) is 15.6 Å². The number of hydrogen-bond donors (Lipinski definition) is 2. The molecular weight excluding hydrogens is 502 g/mol. The number of anilines is 3. The van der Waals surface area contributed by atoms with Crippen molar-refractivity contribution >= 4 is 29.0 Å². The normalized spacial score (nSPS) is 21.6. The second-order valence-electron chi connectivity index (χ2n) is 9.70. The molecule has 0 atom stereocenters. The number of aryl methyl sites for hydroxylation is 1. The number of halogens is 6. The topological polar surface area (TPSA) is 74.3 Å². The van der Waals surface area contributed by atoms with E-state index < -0.39 is 36.0 Å². The average molecular weight is 528 g/mol. The van der Waals surface area contributed by atoms with Gasteiger partial charge in [-0.15, -0.1) is 0 Å². The molecule has 0 saturated heterocycles. The van der Waals surface area contributed by atoms with Gasteiger partial charge in [-0.25, -0.2) is 4.98 Å². The number of nitrogens with zero attached hydrogens (tertiary/aromatic N) is 2. The van der Waals surface area contributed by atoms with Gasteiger partial charge in [0.1, 0.15) is 12.2 Å². The van der Waals surface area contributed by atoms with Crippen molar-refractivity contribution in [1.29, 1.82) is 0 Å². The fraction of sp³-hybridized carbons (Fsp3) is 0.480. The summed E-state index contributed by atoms with van der Waals surface area (Å²) in [5, 5.41) is 5.40. The molecule has 2 N–H and O–H groups in total. The largest absolute Gasteiger partial charge is 0.471 e. The number of benzene rings is 1. The molecule has 12 heteroatoms. The van der Waals surface area contributed by atoms with Crippen molar-refractivity contribution < 1.29 is 35.9 Å². The third kappa shape index (κ3) is 5.83. The Labute approximate surface area is 209 Å². The summed E-state index contributed by atoms with van der Waals surface area (Å²) in [5.74, 6) is -2.69. The van der Waals surface area contributed by atoms with Crippen LogP contribution in [0.5, 0.6) is 0 Å². The van der Waals surface area contributed by atoms with E-state index in [-0.39, 0.29) is 24.0 Å². The Morgan fingerprint density at radius 1 is 1.08 bits per heavy atom. The van der Waals surface area contributed by atoms with E-state index >= 15 is 0 Å². The molecule has 1 aromatic heterocycles. The highest BCUT2D eigenvalue weighted by atomic mass is 19.4. The standard InChI is InChI=1S/C25H26F6N4O2/c1-15-8-11-32-21(20(15)34-19(36)12-24(26,27)28)33-13-16-6-9-23(10-7-16)14-35(22(37)25(29,30)31)18-5-3-2-4-17(18)23/h2-5,8,11,16H,6-7,9-10,12-14H2,1H3,(H,32,33)(H,34,36). The van der Waals surface area contributed by atoms with Crippen molar-refractivity contribution in [3.05, 3.63) is 47.7 Å². The molecule has 0 radical (unpaired) electrons. The van der Waals surface area contributed by atoms with Crippen molar-refractivity contribution in [2.45, 2.75) is 56.8 Å². The molecular formula is C25H26F6N4O2. The van der Waals surface area contributed by atoms with Crippen LogP contribution in [0.2, 0.25) is 0 Å². The molecule has 200 valence electrons. The fourth-order valence-electron chi connectivity index (χ4n) is 5.28. The number of amides is 2. The van der Waals surface area contributed by atoms with Crippen molar-refractivity contribution in [3.63, 3.8) is 0 Å². The minimum atomic E-state index is -4.96. The number of pyridine rings is 1. The predicted molar refractivity (Wildman–Crippen MR) is 125 cm³/mol. The van der Waals surface area contributed by atoms with Gasteiger partial charge in [0.2, 0.25) is 5.91 Å². The van der Waals surface area contributed by atoms with Crippen LogP contribution >= 0.6 is 0 Å². The van der Waals surface area contributed by atoms with Crippen LogP contribution in [0.25, 0.3) is 0 Å². The van der Waals surface area contributed by atoms with E-state index in [1.54, 1.807) is 37.3 Å². The molecule has 2 heterocycles. The van der Waals surface area contributed by atoms with Crippen LogP contribution in [0, 0.1) is 12.8 Å². The first kappa shape index (κ1) is 26.7. The monoisotopic (exact) mass is 528 g/mol. The van der Waals surface area contributed by atoms with Crippen LogP contribution < -0.4 is 15.5 Å². The molecule has 1 saturated carbocycles. The zero-order chi connectivity index (χ0) is 27.0. The van der Waals surface area contributed by atoms with Crippen LogP contribution in [0.1, 0.15) is 43.2 Å². The van der Waals surface area contributed by atoms with E-state index in [0.29, 0.717) is 43.5 Å². The molecule has 4 rings (SSSR count). The smallest absolute Gasteiger partial charge is 0.368 e. The van der Waals surface area contributed by atoms with Crippen LogP contribution in [0.15, 0.2) is 36.5 Å². The summed E-state index contributed by atoms with van der Waals surface area (Å²) in [4.78, 5) is 28.9. The number of hydrogen-bond acceptors (Lipinski definition) is 4. The highest BCUT2D eigenvalue weighted by Gasteiger charge is 2.52. The van der Waals surface area contributed by atoms with Crippen LogP contribution in [0.4, 0.5) is 43.5 Å². The number of carbonyl (C=O) groups excluding carboxylic acids is 2. The fourth-order valence-corrected chi connectivity index (χ4v) is 5.28. The molecule has 1 fully saturated rings. The lowest BCUT2D eigenvalue weighted by atomic mass is 9.67. The van der Waals surface area contributed by atoms with Crippen molar-refractivity contribution in [1.82, 2.24) is 4.98 Å². The van der Waals surface area contributed by atoms with Gasteiger partial charge in [-0.1, -0.05) is 18.2 Å². The average Bonchev–Trinajstić information content (AvgIpc) is 3.12. The van der Waals surface area contributed by atoms with Crippen LogP contribution in [-0.2, 0) is 15.0 Å². The lowest BCUT2D eigenvalue weighted by molar-refractivity contribution is -0.170. The SMILES string of the molecule is Cc1ccnc(NCC2CCC3(CC2)CN(C(=O)C(F)(F)F)c2ccccc23)c1NC(=O)CC(F)(F)F. The first-order valence-electron chi connectivity index (χ1n) is 11.8. The van der Waals surface area contributed by atoms with Crippen LogP contribution in [0.3, 0.4) is 0 Å². The molecule has 2 aromatic rings. The predicted octanol–water partition coefficient (Wildman–Crippen LogP) is 5.73. The maximum absolute atomic E-state index is 13.2. The Hall–Kier alpha value is -3.31.